The van der Waals surface area contributed by atoms with E-state index < -0.39 is 32.5 Å². The molecule has 0 aliphatic carbocycles. The summed E-state index contributed by atoms with van der Waals surface area (Å²) in [5.41, 5.74) is 2.23. The minimum atomic E-state index is -4.45. The molecular weight excluding hydrogens is 560 g/mol. The Morgan fingerprint density at radius 1 is 1.00 bits per heavy atom. The Bertz CT molecular complexity index is 1880. The Labute approximate surface area is 232 Å². The fraction of sp³-hybridized carbons (Fsp3) is 0.115. The monoisotopic (exact) mass is 581 g/mol. The number of fused-ring (bicyclic) bond motifs is 1. The van der Waals surface area contributed by atoms with E-state index in [9.17, 15) is 22.0 Å². The number of anilines is 3. The first-order valence-corrected chi connectivity index (χ1v) is 13.3. The minimum Gasteiger partial charge on any atom is -0.480 e. The van der Waals surface area contributed by atoms with E-state index in [1.807, 2.05) is 0 Å². The van der Waals surface area contributed by atoms with Crippen LogP contribution in [-0.2, 0) is 26.1 Å². The van der Waals surface area contributed by atoms with Crippen LogP contribution in [0.2, 0.25) is 0 Å². The van der Waals surface area contributed by atoms with Crippen LogP contribution in [0.4, 0.5) is 26.0 Å². The zero-order valence-electron chi connectivity index (χ0n) is 21.5. The van der Waals surface area contributed by atoms with Gasteiger partial charge in [-0.15, -0.1) is 0 Å². The van der Waals surface area contributed by atoms with Gasteiger partial charge in [-0.3, -0.25) is 14.2 Å². The fourth-order valence-corrected chi connectivity index (χ4v) is 5.03. The standard InChI is InChI=1S/C26H21F2N7O5S/c1-39-24(36)13-35-12-18(11-32-35)33-25-19-7-15(3-5-21(19)30-14-31-25)16-8-22(26(40-2)29-10-16)34-41(37,38)23-6-4-17(27)9-20(23)28/h3-12,14,34H,13H2,1-2H3,(H,30,31,33). The Morgan fingerprint density at radius 2 is 1.83 bits per heavy atom. The number of aromatic nitrogens is 5. The van der Waals surface area contributed by atoms with Crippen molar-refractivity contribution in [2.75, 3.05) is 24.3 Å². The van der Waals surface area contributed by atoms with Gasteiger partial charge in [0, 0.05) is 29.4 Å². The number of nitrogens with one attached hydrogen (secondary N) is 2. The molecule has 0 saturated carbocycles. The molecule has 210 valence electrons. The van der Waals surface area contributed by atoms with Gasteiger partial charge in [-0.25, -0.2) is 32.2 Å². The third-order valence-corrected chi connectivity index (χ3v) is 7.25. The van der Waals surface area contributed by atoms with Crippen LogP contribution in [0, 0.1) is 11.6 Å². The Balaban J connectivity index is 1.48. The number of nitrogens with zero attached hydrogens (tertiary/aromatic N) is 5. The highest BCUT2D eigenvalue weighted by molar-refractivity contribution is 7.92. The van der Waals surface area contributed by atoms with Crippen LogP contribution in [0.15, 0.2) is 72.3 Å². The lowest BCUT2D eigenvalue weighted by atomic mass is 10.0. The second-order valence-electron chi connectivity index (χ2n) is 8.54. The molecule has 0 bridgehead atoms. The molecule has 0 unspecified atom stereocenters. The van der Waals surface area contributed by atoms with E-state index in [-0.39, 0.29) is 18.1 Å². The van der Waals surface area contributed by atoms with Gasteiger partial charge in [0.2, 0.25) is 5.88 Å². The van der Waals surface area contributed by atoms with Crippen molar-refractivity contribution < 1.29 is 31.5 Å². The van der Waals surface area contributed by atoms with Crippen LogP contribution < -0.4 is 14.8 Å². The second kappa shape index (κ2) is 11.1. The first-order valence-electron chi connectivity index (χ1n) is 11.8. The predicted molar refractivity (Wildman–Crippen MR) is 144 cm³/mol. The summed E-state index contributed by atoms with van der Waals surface area (Å²) >= 11 is 0. The second-order valence-corrected chi connectivity index (χ2v) is 10.2. The molecule has 2 aromatic carbocycles. The minimum absolute atomic E-state index is 0.0583. The van der Waals surface area contributed by atoms with Gasteiger partial charge in [0.1, 0.15) is 40.9 Å². The first-order chi connectivity index (χ1) is 19.7. The molecule has 0 fully saturated rings. The van der Waals surface area contributed by atoms with Gasteiger partial charge in [-0.2, -0.15) is 5.10 Å². The number of hydrogen-bond donors (Lipinski definition) is 2. The summed E-state index contributed by atoms with van der Waals surface area (Å²) in [6.45, 7) is -0.0583. The topological polar surface area (TPSA) is 150 Å². The molecule has 0 aliphatic rings. The number of benzene rings is 2. The molecule has 5 rings (SSSR count). The quantitative estimate of drug-likeness (QED) is 0.245. The number of halogens is 2. The SMILES string of the molecule is COC(=O)Cn1cc(Nc2ncnc3ccc(-c4cnc(OC)c(NS(=O)(=O)c5ccc(F)cc5F)c4)cc23)cn1. The van der Waals surface area contributed by atoms with Crippen molar-refractivity contribution in [1.29, 1.82) is 0 Å². The highest BCUT2D eigenvalue weighted by atomic mass is 32.2. The maximum absolute atomic E-state index is 14.2. The number of carbonyl (C=O) groups excluding carboxylic acids is 1. The molecule has 0 radical (unpaired) electrons. The van der Waals surface area contributed by atoms with E-state index in [1.165, 1.54) is 43.7 Å². The lowest BCUT2D eigenvalue weighted by Gasteiger charge is -2.14. The van der Waals surface area contributed by atoms with E-state index in [1.54, 1.807) is 24.4 Å². The maximum atomic E-state index is 14.2. The van der Waals surface area contributed by atoms with E-state index in [0.717, 1.165) is 12.1 Å². The third kappa shape index (κ3) is 5.89. The molecule has 2 N–H and O–H groups in total. The first kappa shape index (κ1) is 27.4. The molecule has 3 aromatic heterocycles. The van der Waals surface area contributed by atoms with E-state index in [2.05, 4.69) is 34.8 Å². The largest absolute Gasteiger partial charge is 0.480 e. The zero-order valence-corrected chi connectivity index (χ0v) is 22.3. The van der Waals surface area contributed by atoms with Crippen molar-refractivity contribution in [2.45, 2.75) is 11.4 Å². The van der Waals surface area contributed by atoms with Gasteiger partial charge in [0.05, 0.1) is 31.6 Å². The van der Waals surface area contributed by atoms with Gasteiger partial charge < -0.3 is 14.8 Å². The average Bonchev–Trinajstić information content (AvgIpc) is 3.38. The summed E-state index contributed by atoms with van der Waals surface area (Å²) in [5.74, 6) is -2.22. The number of ether oxygens (including phenoxy) is 2. The van der Waals surface area contributed by atoms with Crippen LogP contribution in [0.5, 0.6) is 5.88 Å². The zero-order chi connectivity index (χ0) is 29.1. The molecule has 0 aliphatic heterocycles. The normalized spacial score (nSPS) is 11.3. The summed E-state index contributed by atoms with van der Waals surface area (Å²) < 4.78 is 66.9. The van der Waals surface area contributed by atoms with Gasteiger partial charge in [0.25, 0.3) is 10.0 Å². The smallest absolute Gasteiger partial charge is 0.327 e. The molecule has 41 heavy (non-hydrogen) atoms. The highest BCUT2D eigenvalue weighted by Gasteiger charge is 2.22. The molecule has 0 amide bonds. The van der Waals surface area contributed by atoms with Crippen LogP contribution in [-0.4, -0.2) is 53.3 Å². The summed E-state index contributed by atoms with van der Waals surface area (Å²) in [6.07, 6.45) is 6.00. The summed E-state index contributed by atoms with van der Waals surface area (Å²) in [7, 11) is -1.86. The lowest BCUT2D eigenvalue weighted by molar-refractivity contribution is -0.141. The van der Waals surface area contributed by atoms with Gasteiger partial charge in [-0.1, -0.05) is 6.07 Å². The number of rotatable bonds is 9. The molecule has 5 aromatic rings. The lowest BCUT2D eigenvalue weighted by Crippen LogP contribution is -2.15. The molecular formula is C26H21F2N7O5S. The average molecular weight is 582 g/mol. The number of carbonyl (C=O) groups is 1. The molecule has 3 heterocycles. The van der Waals surface area contributed by atoms with Gasteiger partial charge >= 0.3 is 5.97 Å². The molecule has 12 nitrogen and oxygen atoms in total. The van der Waals surface area contributed by atoms with Crippen LogP contribution in [0.1, 0.15) is 0 Å². The third-order valence-electron chi connectivity index (χ3n) is 5.86. The predicted octanol–water partition coefficient (Wildman–Crippen LogP) is 3.89. The molecule has 0 spiro atoms. The van der Waals surface area contributed by atoms with Crippen LogP contribution in [0.25, 0.3) is 22.0 Å². The Hall–Kier alpha value is -5.18. The van der Waals surface area contributed by atoms with Crippen LogP contribution >= 0.6 is 0 Å². The highest BCUT2D eigenvalue weighted by Crippen LogP contribution is 2.33. The summed E-state index contributed by atoms with van der Waals surface area (Å²) in [4.78, 5) is 23.6. The van der Waals surface area contributed by atoms with Crippen molar-refractivity contribution >= 4 is 44.1 Å². The number of hydrogen-bond acceptors (Lipinski definition) is 10. The van der Waals surface area contributed by atoms with Crippen molar-refractivity contribution in [3.63, 3.8) is 0 Å². The molecule has 0 saturated heterocycles. The number of methoxy groups -OCH3 is 2. The van der Waals surface area contributed by atoms with E-state index >= 15 is 0 Å². The van der Waals surface area contributed by atoms with Crippen molar-refractivity contribution in [3.05, 3.63) is 79.0 Å². The van der Waals surface area contributed by atoms with E-state index in [0.29, 0.717) is 39.6 Å². The summed E-state index contributed by atoms with van der Waals surface area (Å²) in [5, 5.41) is 7.90. The molecule has 15 heteroatoms. The number of sulfonamides is 1. The number of pyridine rings is 1. The Kier molecular flexibility index (Phi) is 7.43. The van der Waals surface area contributed by atoms with Crippen LogP contribution in [0.3, 0.4) is 0 Å². The maximum Gasteiger partial charge on any atom is 0.327 e. The number of esters is 1. The Morgan fingerprint density at radius 3 is 2.59 bits per heavy atom. The van der Waals surface area contributed by atoms with Crippen molar-refractivity contribution in [2.24, 2.45) is 0 Å². The summed E-state index contributed by atoms with van der Waals surface area (Å²) in [6, 6.07) is 8.91. The molecule has 0 atom stereocenters. The van der Waals surface area contributed by atoms with E-state index in [4.69, 9.17) is 4.74 Å². The van der Waals surface area contributed by atoms with Crippen molar-refractivity contribution in [3.8, 4) is 17.0 Å². The van der Waals surface area contributed by atoms with Gasteiger partial charge in [0.15, 0.2) is 0 Å². The van der Waals surface area contributed by atoms with Crippen molar-refractivity contribution in [1.82, 2.24) is 24.7 Å². The fourth-order valence-electron chi connectivity index (χ4n) is 3.92. The van der Waals surface area contributed by atoms with Gasteiger partial charge in [-0.05, 0) is 35.9 Å².